The van der Waals surface area contributed by atoms with Gasteiger partial charge in [-0.2, -0.15) is 0 Å². The number of allylic oxidation sites excluding steroid dienone is 4. The van der Waals surface area contributed by atoms with Crippen LogP contribution in [0.4, 0.5) is 0 Å². The van der Waals surface area contributed by atoms with E-state index < -0.39 is 5.60 Å². The average Bonchev–Trinajstić information content (AvgIpc) is 2.48. The topological polar surface area (TPSA) is 60.7 Å². The Hall–Kier alpha value is -1.74. The standard InChI is InChI=1S/C21H32O3/c1-16(2)8-5-9-17(3)10-7-14-21(4,24)15-13-18-11-6-12-19(22)20(18)23/h6,8,10-12,22-24H,5,7,9,13-15H2,1-4H3. The third-order valence-corrected chi connectivity index (χ3v) is 4.30. The molecular weight excluding hydrogens is 300 g/mol. The first-order valence-electron chi connectivity index (χ1n) is 8.72. The molecule has 0 radical (unpaired) electrons. The van der Waals surface area contributed by atoms with E-state index in [4.69, 9.17) is 0 Å². The van der Waals surface area contributed by atoms with Crippen molar-refractivity contribution in [3.05, 3.63) is 47.1 Å². The van der Waals surface area contributed by atoms with Gasteiger partial charge in [0.1, 0.15) is 0 Å². The smallest absolute Gasteiger partial charge is 0.160 e. The summed E-state index contributed by atoms with van der Waals surface area (Å²) in [6, 6.07) is 4.94. The van der Waals surface area contributed by atoms with Crippen molar-refractivity contribution in [2.45, 2.75) is 71.8 Å². The molecular formula is C21H32O3. The van der Waals surface area contributed by atoms with Gasteiger partial charge in [-0.15, -0.1) is 0 Å². The Balaban J connectivity index is 2.43. The molecule has 1 atom stereocenters. The lowest BCUT2D eigenvalue weighted by molar-refractivity contribution is 0.0431. The Morgan fingerprint density at radius 3 is 2.42 bits per heavy atom. The molecule has 0 aliphatic heterocycles. The number of aromatic hydroxyl groups is 2. The van der Waals surface area contributed by atoms with Crippen LogP contribution in [0.25, 0.3) is 0 Å². The predicted octanol–water partition coefficient (Wildman–Crippen LogP) is 5.25. The van der Waals surface area contributed by atoms with E-state index in [2.05, 4.69) is 32.9 Å². The maximum absolute atomic E-state index is 10.5. The van der Waals surface area contributed by atoms with Crippen molar-refractivity contribution in [2.24, 2.45) is 0 Å². The number of phenols is 2. The molecule has 1 rings (SSSR count). The summed E-state index contributed by atoms with van der Waals surface area (Å²) in [5.74, 6) is -0.189. The van der Waals surface area contributed by atoms with E-state index in [0.29, 0.717) is 24.8 Å². The van der Waals surface area contributed by atoms with Crippen molar-refractivity contribution in [1.29, 1.82) is 0 Å². The van der Waals surface area contributed by atoms with Gasteiger partial charge in [-0.05, 0) is 77.8 Å². The molecule has 0 aliphatic rings. The minimum Gasteiger partial charge on any atom is -0.504 e. The fraction of sp³-hybridized carbons (Fsp3) is 0.524. The van der Waals surface area contributed by atoms with Crippen molar-refractivity contribution >= 4 is 0 Å². The maximum Gasteiger partial charge on any atom is 0.160 e. The highest BCUT2D eigenvalue weighted by molar-refractivity contribution is 5.44. The van der Waals surface area contributed by atoms with E-state index in [0.717, 1.165) is 19.3 Å². The van der Waals surface area contributed by atoms with E-state index in [-0.39, 0.29) is 11.5 Å². The van der Waals surface area contributed by atoms with Gasteiger partial charge in [0, 0.05) is 0 Å². The number of aliphatic hydroxyl groups is 1. The number of aryl methyl sites for hydroxylation is 1. The Morgan fingerprint density at radius 2 is 1.75 bits per heavy atom. The van der Waals surface area contributed by atoms with E-state index in [1.54, 1.807) is 12.1 Å². The van der Waals surface area contributed by atoms with E-state index in [9.17, 15) is 15.3 Å². The first-order chi connectivity index (χ1) is 11.2. The molecule has 0 amide bonds. The summed E-state index contributed by atoms with van der Waals surface area (Å²) in [6.45, 7) is 8.19. The van der Waals surface area contributed by atoms with E-state index in [1.807, 2.05) is 6.92 Å². The van der Waals surface area contributed by atoms with E-state index in [1.165, 1.54) is 17.2 Å². The molecule has 24 heavy (non-hydrogen) atoms. The van der Waals surface area contributed by atoms with Crippen LogP contribution in [-0.4, -0.2) is 20.9 Å². The third kappa shape index (κ3) is 7.69. The lowest BCUT2D eigenvalue weighted by atomic mass is 9.91. The second-order valence-electron chi connectivity index (χ2n) is 7.19. The Kier molecular flexibility index (Phi) is 8.06. The van der Waals surface area contributed by atoms with Gasteiger partial charge in [0.2, 0.25) is 0 Å². The maximum atomic E-state index is 10.5. The van der Waals surface area contributed by atoms with Crippen LogP contribution >= 0.6 is 0 Å². The van der Waals surface area contributed by atoms with Gasteiger partial charge < -0.3 is 15.3 Å². The zero-order valence-electron chi connectivity index (χ0n) is 15.5. The SMILES string of the molecule is CC(C)=CCCC(C)=CCCC(C)(O)CCc1cccc(O)c1O. The van der Waals surface area contributed by atoms with Crippen molar-refractivity contribution < 1.29 is 15.3 Å². The summed E-state index contributed by atoms with van der Waals surface area (Å²) in [7, 11) is 0. The van der Waals surface area contributed by atoms with Crippen LogP contribution < -0.4 is 0 Å². The molecule has 0 bridgehead atoms. The summed E-state index contributed by atoms with van der Waals surface area (Å²) in [6.07, 6.45) is 9.20. The van der Waals surface area contributed by atoms with Crippen LogP contribution in [0.15, 0.2) is 41.5 Å². The molecule has 0 spiro atoms. The lowest BCUT2D eigenvalue weighted by Gasteiger charge is -2.23. The second-order valence-corrected chi connectivity index (χ2v) is 7.19. The molecule has 0 fully saturated rings. The van der Waals surface area contributed by atoms with Crippen molar-refractivity contribution in [1.82, 2.24) is 0 Å². The van der Waals surface area contributed by atoms with Crippen LogP contribution in [0.3, 0.4) is 0 Å². The van der Waals surface area contributed by atoms with Crippen LogP contribution in [0.5, 0.6) is 11.5 Å². The van der Waals surface area contributed by atoms with Gasteiger partial charge in [0.25, 0.3) is 0 Å². The minimum absolute atomic E-state index is 0.0803. The highest BCUT2D eigenvalue weighted by atomic mass is 16.3. The summed E-state index contributed by atoms with van der Waals surface area (Å²) < 4.78 is 0. The minimum atomic E-state index is -0.783. The largest absolute Gasteiger partial charge is 0.504 e. The number of hydrogen-bond acceptors (Lipinski definition) is 3. The van der Waals surface area contributed by atoms with Gasteiger partial charge in [-0.25, -0.2) is 0 Å². The van der Waals surface area contributed by atoms with Crippen LogP contribution in [-0.2, 0) is 6.42 Å². The first kappa shape index (κ1) is 20.3. The quantitative estimate of drug-likeness (QED) is 0.427. The molecule has 1 aromatic rings. The number of para-hydroxylation sites is 1. The monoisotopic (exact) mass is 332 g/mol. The number of phenolic OH excluding ortho intramolecular Hbond substituents is 2. The highest BCUT2D eigenvalue weighted by Crippen LogP contribution is 2.31. The molecule has 1 aromatic carbocycles. The number of benzene rings is 1. The zero-order valence-corrected chi connectivity index (χ0v) is 15.5. The molecule has 0 aliphatic carbocycles. The molecule has 3 heteroatoms. The van der Waals surface area contributed by atoms with Gasteiger partial charge >= 0.3 is 0 Å². The Morgan fingerprint density at radius 1 is 1.04 bits per heavy atom. The van der Waals surface area contributed by atoms with Gasteiger partial charge in [-0.1, -0.05) is 35.4 Å². The number of rotatable bonds is 9. The summed E-state index contributed by atoms with van der Waals surface area (Å²) in [4.78, 5) is 0. The molecule has 3 nitrogen and oxygen atoms in total. The van der Waals surface area contributed by atoms with Crippen LogP contribution in [0, 0.1) is 0 Å². The van der Waals surface area contributed by atoms with Gasteiger partial charge in [0.05, 0.1) is 5.60 Å². The third-order valence-electron chi connectivity index (χ3n) is 4.30. The highest BCUT2D eigenvalue weighted by Gasteiger charge is 2.20. The normalized spacial score (nSPS) is 14.3. The molecule has 0 saturated carbocycles. The molecule has 0 saturated heterocycles. The van der Waals surface area contributed by atoms with Crippen molar-refractivity contribution in [2.75, 3.05) is 0 Å². The fourth-order valence-corrected chi connectivity index (χ4v) is 2.63. The van der Waals surface area contributed by atoms with Gasteiger partial charge in [0.15, 0.2) is 11.5 Å². The summed E-state index contributed by atoms with van der Waals surface area (Å²) in [5.41, 5.74) is 2.59. The lowest BCUT2D eigenvalue weighted by Crippen LogP contribution is -2.24. The van der Waals surface area contributed by atoms with Gasteiger partial charge in [-0.3, -0.25) is 0 Å². The fourth-order valence-electron chi connectivity index (χ4n) is 2.63. The average molecular weight is 332 g/mol. The zero-order chi connectivity index (χ0) is 18.2. The van der Waals surface area contributed by atoms with E-state index >= 15 is 0 Å². The molecule has 0 heterocycles. The summed E-state index contributed by atoms with van der Waals surface area (Å²) in [5, 5.41) is 29.8. The molecule has 0 aromatic heterocycles. The first-order valence-corrected chi connectivity index (χ1v) is 8.72. The van der Waals surface area contributed by atoms with Crippen LogP contribution in [0.1, 0.15) is 65.4 Å². The Labute approximate surface area is 146 Å². The molecule has 1 unspecified atom stereocenters. The van der Waals surface area contributed by atoms with Crippen LogP contribution in [0.2, 0.25) is 0 Å². The summed E-state index contributed by atoms with van der Waals surface area (Å²) >= 11 is 0. The number of hydrogen-bond donors (Lipinski definition) is 3. The van der Waals surface area contributed by atoms with Crippen molar-refractivity contribution in [3.63, 3.8) is 0 Å². The molecule has 3 N–H and O–H groups in total. The second kappa shape index (κ2) is 9.53. The Bertz CT molecular complexity index is 579. The molecule has 134 valence electrons. The predicted molar refractivity (Wildman–Crippen MR) is 100 cm³/mol. The van der Waals surface area contributed by atoms with Crippen molar-refractivity contribution in [3.8, 4) is 11.5 Å².